The molecule has 1 aliphatic rings. The molecule has 3 rings (SSSR count). The Bertz CT molecular complexity index is 1010. The monoisotopic (exact) mass is 428 g/mol. The van der Waals surface area contributed by atoms with Crippen LogP contribution in [0, 0.1) is 13.8 Å². The molecule has 2 aromatic rings. The van der Waals surface area contributed by atoms with Crippen LogP contribution in [-0.2, 0) is 11.3 Å². The smallest absolute Gasteiger partial charge is 0.410 e. The van der Waals surface area contributed by atoms with Crippen LogP contribution in [0.25, 0.3) is 0 Å². The third-order valence-electron chi connectivity index (χ3n) is 5.44. The number of aryl methyl sites for hydroxylation is 2. The van der Waals surface area contributed by atoms with E-state index >= 15 is 0 Å². The Morgan fingerprint density at radius 1 is 1.23 bits per heavy atom. The molecule has 0 spiro atoms. The summed E-state index contributed by atoms with van der Waals surface area (Å²) in [6.45, 7) is 10.6. The van der Waals surface area contributed by atoms with Crippen molar-refractivity contribution >= 4 is 12.0 Å². The first-order chi connectivity index (χ1) is 14.5. The van der Waals surface area contributed by atoms with Gasteiger partial charge in [-0.25, -0.2) is 4.79 Å². The average molecular weight is 429 g/mol. The minimum atomic E-state index is -0.517. The number of nitrogens with one attached hydrogen (secondary N) is 2. The first-order valence-corrected chi connectivity index (χ1v) is 10.7. The highest BCUT2D eigenvalue weighted by molar-refractivity contribution is 5.92. The summed E-state index contributed by atoms with van der Waals surface area (Å²) in [7, 11) is 0. The predicted molar refractivity (Wildman–Crippen MR) is 118 cm³/mol. The van der Waals surface area contributed by atoms with Crippen molar-refractivity contribution < 1.29 is 14.3 Å². The fraction of sp³-hybridized carbons (Fsp3) is 0.522. The Morgan fingerprint density at radius 2 is 1.90 bits per heavy atom. The van der Waals surface area contributed by atoms with Crippen molar-refractivity contribution in [3.8, 4) is 0 Å². The van der Waals surface area contributed by atoms with Crippen molar-refractivity contribution in [3.05, 3.63) is 57.3 Å². The SMILES string of the molecule is Cc1cc(C)c(CNC(=O)c2cccn2C2CCN(C(=O)OC(C)(C)C)CC2)c(=O)[nH]1. The molecule has 0 saturated carbocycles. The quantitative estimate of drug-likeness (QED) is 0.781. The van der Waals surface area contributed by atoms with Crippen LogP contribution >= 0.6 is 0 Å². The number of amides is 2. The largest absolute Gasteiger partial charge is 0.444 e. The van der Waals surface area contributed by atoms with Crippen LogP contribution in [0.1, 0.15) is 67.0 Å². The molecule has 1 aliphatic heterocycles. The first kappa shape index (κ1) is 22.7. The van der Waals surface area contributed by atoms with Gasteiger partial charge in [0.1, 0.15) is 11.3 Å². The zero-order chi connectivity index (χ0) is 22.8. The van der Waals surface area contributed by atoms with Crippen molar-refractivity contribution in [1.29, 1.82) is 0 Å². The summed E-state index contributed by atoms with van der Waals surface area (Å²) < 4.78 is 7.42. The molecule has 8 heteroatoms. The van der Waals surface area contributed by atoms with Crippen LogP contribution in [0.2, 0.25) is 0 Å². The molecule has 0 aromatic carbocycles. The van der Waals surface area contributed by atoms with Crippen LogP contribution in [-0.4, -0.2) is 45.1 Å². The van der Waals surface area contributed by atoms with E-state index in [-0.39, 0.29) is 30.1 Å². The van der Waals surface area contributed by atoms with Gasteiger partial charge in [0.2, 0.25) is 0 Å². The second-order valence-electron chi connectivity index (χ2n) is 9.12. The maximum Gasteiger partial charge on any atom is 0.410 e. The summed E-state index contributed by atoms with van der Waals surface area (Å²) in [6, 6.07) is 5.64. The van der Waals surface area contributed by atoms with Crippen LogP contribution in [0.15, 0.2) is 29.2 Å². The number of rotatable bonds is 4. The van der Waals surface area contributed by atoms with Gasteiger partial charge in [-0.2, -0.15) is 0 Å². The highest BCUT2D eigenvalue weighted by Crippen LogP contribution is 2.25. The number of piperidine rings is 1. The van der Waals surface area contributed by atoms with E-state index in [0.717, 1.165) is 24.1 Å². The minimum Gasteiger partial charge on any atom is -0.444 e. The molecule has 168 valence electrons. The lowest BCUT2D eigenvalue weighted by molar-refractivity contribution is 0.0187. The lowest BCUT2D eigenvalue weighted by Crippen LogP contribution is -2.42. The first-order valence-electron chi connectivity index (χ1n) is 10.7. The second kappa shape index (κ2) is 8.99. The number of hydrogen-bond acceptors (Lipinski definition) is 4. The summed E-state index contributed by atoms with van der Waals surface area (Å²) in [6.07, 6.45) is 3.08. The van der Waals surface area contributed by atoms with Crippen molar-refractivity contribution in [2.75, 3.05) is 13.1 Å². The summed E-state index contributed by atoms with van der Waals surface area (Å²) in [5, 5.41) is 2.87. The Labute approximate surface area is 182 Å². The lowest BCUT2D eigenvalue weighted by Gasteiger charge is -2.34. The van der Waals surface area contributed by atoms with Gasteiger partial charge in [-0.1, -0.05) is 0 Å². The van der Waals surface area contributed by atoms with E-state index in [9.17, 15) is 14.4 Å². The molecule has 2 aromatic heterocycles. The normalized spacial score (nSPS) is 15.1. The van der Waals surface area contributed by atoms with Crippen molar-refractivity contribution in [3.63, 3.8) is 0 Å². The number of pyridine rings is 1. The lowest BCUT2D eigenvalue weighted by atomic mass is 10.0. The van der Waals surface area contributed by atoms with Gasteiger partial charge >= 0.3 is 6.09 Å². The fourth-order valence-electron chi connectivity index (χ4n) is 3.92. The molecule has 1 saturated heterocycles. The molecule has 1 fully saturated rings. The van der Waals surface area contributed by atoms with Gasteiger partial charge in [-0.15, -0.1) is 0 Å². The van der Waals surface area contributed by atoms with E-state index in [1.54, 1.807) is 11.0 Å². The Morgan fingerprint density at radius 3 is 2.52 bits per heavy atom. The summed E-state index contributed by atoms with van der Waals surface area (Å²) in [5.74, 6) is -0.223. The van der Waals surface area contributed by atoms with Gasteiger partial charge in [0.05, 0.1) is 0 Å². The maximum atomic E-state index is 12.8. The van der Waals surface area contributed by atoms with Crippen LogP contribution in [0.4, 0.5) is 4.79 Å². The van der Waals surface area contributed by atoms with Crippen LogP contribution in [0.5, 0.6) is 0 Å². The summed E-state index contributed by atoms with van der Waals surface area (Å²) in [4.78, 5) is 41.8. The van der Waals surface area contributed by atoms with E-state index in [1.807, 2.05) is 57.5 Å². The highest BCUT2D eigenvalue weighted by Gasteiger charge is 2.28. The number of nitrogens with zero attached hydrogens (tertiary/aromatic N) is 2. The molecule has 0 aliphatic carbocycles. The number of H-pyrrole nitrogens is 1. The number of carbonyl (C=O) groups is 2. The Balaban J connectivity index is 1.62. The van der Waals surface area contributed by atoms with E-state index < -0.39 is 5.60 Å². The fourth-order valence-corrected chi connectivity index (χ4v) is 3.92. The van der Waals surface area contributed by atoms with E-state index in [2.05, 4.69) is 10.3 Å². The molecular formula is C23H32N4O4. The van der Waals surface area contributed by atoms with E-state index in [4.69, 9.17) is 4.74 Å². The highest BCUT2D eigenvalue weighted by atomic mass is 16.6. The van der Waals surface area contributed by atoms with E-state index in [0.29, 0.717) is 24.3 Å². The number of hydrogen-bond donors (Lipinski definition) is 2. The molecule has 0 atom stereocenters. The molecule has 0 unspecified atom stereocenters. The minimum absolute atomic E-state index is 0.124. The molecule has 0 bridgehead atoms. The van der Waals surface area contributed by atoms with Gasteiger partial charge in [-0.3, -0.25) is 9.59 Å². The van der Waals surface area contributed by atoms with Gasteiger partial charge in [0.15, 0.2) is 0 Å². The Hall–Kier alpha value is -3.03. The molecular weight excluding hydrogens is 396 g/mol. The molecule has 2 N–H and O–H groups in total. The molecule has 0 radical (unpaired) electrons. The number of likely N-dealkylation sites (tertiary alicyclic amines) is 1. The Kier molecular flexibility index (Phi) is 6.57. The van der Waals surface area contributed by atoms with Crippen LogP contribution < -0.4 is 10.9 Å². The third kappa shape index (κ3) is 5.57. The van der Waals surface area contributed by atoms with Gasteiger partial charge in [0.25, 0.3) is 11.5 Å². The number of carbonyl (C=O) groups excluding carboxylic acids is 2. The molecule has 8 nitrogen and oxygen atoms in total. The van der Waals surface area contributed by atoms with Gasteiger partial charge in [-0.05, 0) is 71.2 Å². The predicted octanol–water partition coefficient (Wildman–Crippen LogP) is 3.30. The molecule has 2 amide bonds. The van der Waals surface area contributed by atoms with Crippen molar-refractivity contribution in [2.24, 2.45) is 0 Å². The van der Waals surface area contributed by atoms with E-state index in [1.165, 1.54) is 0 Å². The molecule has 3 heterocycles. The summed E-state index contributed by atoms with van der Waals surface area (Å²) in [5.41, 5.74) is 2.06. The second-order valence-corrected chi connectivity index (χ2v) is 9.12. The van der Waals surface area contributed by atoms with Gasteiger partial charge < -0.3 is 24.5 Å². The topological polar surface area (TPSA) is 96.4 Å². The number of ether oxygens (including phenoxy) is 1. The molecule has 31 heavy (non-hydrogen) atoms. The standard InChI is InChI=1S/C23H32N4O4/c1-15-13-16(2)25-20(28)18(15)14-24-21(29)19-7-6-10-27(19)17-8-11-26(12-9-17)22(30)31-23(3,4)5/h6-7,10,13,17H,8-9,11-12,14H2,1-5H3,(H,24,29)(H,25,28). The van der Waals surface area contributed by atoms with Gasteiger partial charge in [0, 0.05) is 43.1 Å². The zero-order valence-corrected chi connectivity index (χ0v) is 18.9. The average Bonchev–Trinajstić information content (AvgIpc) is 3.15. The van der Waals surface area contributed by atoms with Crippen molar-refractivity contribution in [2.45, 2.75) is 65.6 Å². The third-order valence-corrected chi connectivity index (χ3v) is 5.44. The van der Waals surface area contributed by atoms with Crippen molar-refractivity contribution in [1.82, 2.24) is 19.8 Å². The maximum absolute atomic E-state index is 12.8. The summed E-state index contributed by atoms with van der Waals surface area (Å²) >= 11 is 0. The zero-order valence-electron chi connectivity index (χ0n) is 18.9. The van der Waals surface area contributed by atoms with Crippen LogP contribution in [0.3, 0.4) is 0 Å². The number of aromatic amines is 1. The number of aromatic nitrogens is 2.